The topological polar surface area (TPSA) is 53.2 Å². The molecule has 0 saturated carbocycles. The fourth-order valence-electron chi connectivity index (χ4n) is 3.11. The van der Waals surface area contributed by atoms with E-state index in [0.29, 0.717) is 29.4 Å². The molecule has 7 heteroatoms. The third-order valence-corrected chi connectivity index (χ3v) is 4.51. The van der Waals surface area contributed by atoms with Gasteiger partial charge in [-0.3, -0.25) is 9.59 Å². The Balaban J connectivity index is 1.86. The molecule has 1 aliphatic heterocycles. The number of aromatic nitrogens is 1. The van der Waals surface area contributed by atoms with Crippen LogP contribution in [-0.4, -0.2) is 17.4 Å². The molecule has 1 amide bonds. The first kappa shape index (κ1) is 16.4. The summed E-state index contributed by atoms with van der Waals surface area (Å²) in [5.41, 5.74) is -0.672. The van der Waals surface area contributed by atoms with E-state index < -0.39 is 17.3 Å². The SMILES string of the molecule is O=C1CCN1c1ccc2cc(-c3ccccc3C(F)(F)F)[nH]c(=O)c2c1. The van der Waals surface area contributed by atoms with Crippen molar-refractivity contribution in [2.45, 2.75) is 12.6 Å². The molecule has 4 rings (SSSR count). The van der Waals surface area contributed by atoms with Crippen molar-refractivity contribution in [3.8, 4) is 11.3 Å². The van der Waals surface area contributed by atoms with Crippen LogP contribution in [0.5, 0.6) is 0 Å². The maximum absolute atomic E-state index is 13.2. The number of β-lactam (4-membered cyclic amide) rings is 1. The first-order valence-corrected chi connectivity index (χ1v) is 7.98. The molecule has 132 valence electrons. The van der Waals surface area contributed by atoms with Gasteiger partial charge in [0.1, 0.15) is 0 Å². The number of benzene rings is 2. The molecule has 0 unspecified atom stereocenters. The Hall–Kier alpha value is -3.09. The lowest BCUT2D eigenvalue weighted by molar-refractivity contribution is -0.137. The van der Waals surface area contributed by atoms with Crippen LogP contribution in [0.4, 0.5) is 18.9 Å². The number of aromatic amines is 1. The number of nitrogens with one attached hydrogen (secondary N) is 1. The highest BCUT2D eigenvalue weighted by atomic mass is 19.4. The van der Waals surface area contributed by atoms with Crippen molar-refractivity contribution in [1.29, 1.82) is 0 Å². The minimum absolute atomic E-state index is 0.0171. The van der Waals surface area contributed by atoms with Crippen molar-refractivity contribution in [3.63, 3.8) is 0 Å². The van der Waals surface area contributed by atoms with Crippen molar-refractivity contribution in [3.05, 3.63) is 64.4 Å². The Morgan fingerprint density at radius 2 is 1.77 bits per heavy atom. The summed E-state index contributed by atoms with van der Waals surface area (Å²) in [6, 6.07) is 11.5. The molecule has 4 nitrogen and oxygen atoms in total. The van der Waals surface area contributed by atoms with Crippen LogP contribution in [0.3, 0.4) is 0 Å². The lowest BCUT2D eigenvalue weighted by Crippen LogP contribution is -2.43. The van der Waals surface area contributed by atoms with Crippen LogP contribution >= 0.6 is 0 Å². The number of amides is 1. The predicted molar refractivity (Wildman–Crippen MR) is 92.0 cm³/mol. The van der Waals surface area contributed by atoms with Crippen molar-refractivity contribution in [2.75, 3.05) is 11.4 Å². The Morgan fingerprint density at radius 1 is 1.00 bits per heavy atom. The molecule has 1 fully saturated rings. The third-order valence-electron chi connectivity index (χ3n) is 4.51. The normalized spacial score (nSPS) is 14.6. The number of halogens is 3. The second-order valence-corrected chi connectivity index (χ2v) is 6.12. The van der Waals surface area contributed by atoms with Crippen LogP contribution in [0.15, 0.2) is 53.3 Å². The van der Waals surface area contributed by atoms with Gasteiger partial charge in [-0.15, -0.1) is 0 Å². The quantitative estimate of drug-likeness (QED) is 0.705. The number of fused-ring (bicyclic) bond motifs is 1. The van der Waals surface area contributed by atoms with Crippen LogP contribution in [0.1, 0.15) is 12.0 Å². The maximum Gasteiger partial charge on any atom is 0.417 e. The summed E-state index contributed by atoms with van der Waals surface area (Å²) in [4.78, 5) is 28.1. The van der Waals surface area contributed by atoms with Crippen LogP contribution in [0.2, 0.25) is 0 Å². The van der Waals surface area contributed by atoms with Crippen LogP contribution in [0, 0.1) is 0 Å². The highest BCUT2D eigenvalue weighted by Gasteiger charge is 2.33. The molecule has 3 aromatic rings. The number of rotatable bonds is 2. The Kier molecular flexibility index (Phi) is 3.61. The van der Waals surface area contributed by atoms with Crippen LogP contribution < -0.4 is 10.5 Å². The number of alkyl halides is 3. The first-order valence-electron chi connectivity index (χ1n) is 7.98. The van der Waals surface area contributed by atoms with Crippen molar-refractivity contribution in [1.82, 2.24) is 4.98 Å². The molecule has 0 aliphatic carbocycles. The summed E-state index contributed by atoms with van der Waals surface area (Å²) in [7, 11) is 0. The van der Waals surface area contributed by atoms with E-state index in [2.05, 4.69) is 4.98 Å². The van der Waals surface area contributed by atoms with Gasteiger partial charge in [-0.2, -0.15) is 13.2 Å². The summed E-state index contributed by atoms with van der Waals surface area (Å²) in [5.74, 6) is -0.0171. The summed E-state index contributed by atoms with van der Waals surface area (Å²) < 4.78 is 39.7. The first-order chi connectivity index (χ1) is 12.3. The van der Waals surface area contributed by atoms with Crippen molar-refractivity contribution < 1.29 is 18.0 Å². The molecule has 0 bridgehead atoms. The summed E-state index contributed by atoms with van der Waals surface area (Å²) in [5, 5.41) is 0.841. The summed E-state index contributed by atoms with van der Waals surface area (Å²) in [6.45, 7) is 0.597. The number of carbonyl (C=O) groups excluding carboxylic acids is 1. The largest absolute Gasteiger partial charge is 0.417 e. The van der Waals surface area contributed by atoms with Gasteiger partial charge in [-0.1, -0.05) is 24.3 Å². The van der Waals surface area contributed by atoms with Gasteiger partial charge in [0.05, 0.1) is 5.56 Å². The third kappa shape index (κ3) is 2.65. The summed E-state index contributed by atoms with van der Waals surface area (Å²) >= 11 is 0. The zero-order chi connectivity index (χ0) is 18.5. The number of hydrogen-bond acceptors (Lipinski definition) is 2. The van der Waals surface area contributed by atoms with Crippen molar-refractivity contribution in [2.24, 2.45) is 0 Å². The fourth-order valence-corrected chi connectivity index (χ4v) is 3.11. The van der Waals surface area contributed by atoms with E-state index in [-0.39, 0.29) is 17.2 Å². The fraction of sp³-hybridized carbons (Fsp3) is 0.158. The Morgan fingerprint density at radius 3 is 2.42 bits per heavy atom. The monoisotopic (exact) mass is 358 g/mol. The van der Waals surface area contributed by atoms with E-state index in [1.807, 2.05) is 0 Å². The van der Waals surface area contributed by atoms with Gasteiger partial charge < -0.3 is 9.88 Å². The molecule has 1 saturated heterocycles. The molecule has 1 aliphatic rings. The molecule has 26 heavy (non-hydrogen) atoms. The van der Waals surface area contributed by atoms with Crippen LogP contribution in [-0.2, 0) is 11.0 Å². The Bertz CT molecular complexity index is 1090. The minimum Gasteiger partial charge on any atom is -0.321 e. The lowest BCUT2D eigenvalue weighted by atomic mass is 10.0. The molecule has 2 aromatic carbocycles. The van der Waals surface area contributed by atoms with Crippen molar-refractivity contribution >= 4 is 22.4 Å². The number of pyridine rings is 1. The van der Waals surface area contributed by atoms with E-state index in [9.17, 15) is 22.8 Å². The maximum atomic E-state index is 13.2. The van der Waals surface area contributed by atoms with E-state index >= 15 is 0 Å². The molecule has 0 spiro atoms. The average Bonchev–Trinajstić information content (AvgIpc) is 2.60. The van der Waals surface area contributed by atoms with Gasteiger partial charge in [-0.05, 0) is 29.7 Å². The molecular formula is C19H13F3N2O2. The smallest absolute Gasteiger partial charge is 0.321 e. The second-order valence-electron chi connectivity index (χ2n) is 6.12. The number of carbonyl (C=O) groups is 1. The molecule has 1 aromatic heterocycles. The molecule has 0 radical (unpaired) electrons. The number of hydrogen-bond donors (Lipinski definition) is 1. The standard InChI is InChI=1S/C19H13F3N2O2/c20-19(21,22)15-4-2-1-3-13(15)16-9-11-5-6-12(24-8-7-17(24)25)10-14(11)18(26)23-16/h1-6,9-10H,7-8H2,(H,23,26). The minimum atomic E-state index is -4.52. The van der Waals surface area contributed by atoms with E-state index in [1.54, 1.807) is 23.1 Å². The van der Waals surface area contributed by atoms with E-state index in [1.165, 1.54) is 24.3 Å². The highest BCUT2D eigenvalue weighted by molar-refractivity contribution is 6.01. The lowest BCUT2D eigenvalue weighted by Gasteiger charge is -2.30. The van der Waals surface area contributed by atoms with Gasteiger partial charge in [0.15, 0.2) is 0 Å². The molecule has 0 atom stereocenters. The number of anilines is 1. The van der Waals surface area contributed by atoms with Gasteiger partial charge in [-0.25, -0.2) is 0 Å². The zero-order valence-corrected chi connectivity index (χ0v) is 13.4. The molecule has 1 N–H and O–H groups in total. The number of H-pyrrole nitrogens is 1. The average molecular weight is 358 g/mol. The van der Waals surface area contributed by atoms with E-state index in [4.69, 9.17) is 0 Å². The van der Waals surface area contributed by atoms with Gasteiger partial charge in [0.25, 0.3) is 5.56 Å². The number of nitrogens with zero attached hydrogens (tertiary/aromatic N) is 1. The second kappa shape index (κ2) is 5.72. The zero-order valence-electron chi connectivity index (χ0n) is 13.4. The Labute approximate surface area is 145 Å². The molecule has 2 heterocycles. The molecular weight excluding hydrogens is 345 g/mol. The highest BCUT2D eigenvalue weighted by Crippen LogP contribution is 2.36. The summed E-state index contributed by atoms with van der Waals surface area (Å²) in [6.07, 6.45) is -4.05. The van der Waals surface area contributed by atoms with Crippen LogP contribution in [0.25, 0.3) is 22.0 Å². The van der Waals surface area contributed by atoms with Gasteiger partial charge >= 0.3 is 6.18 Å². The van der Waals surface area contributed by atoms with Gasteiger partial charge in [0.2, 0.25) is 5.91 Å². The van der Waals surface area contributed by atoms with Gasteiger partial charge in [0, 0.05) is 35.3 Å². The van der Waals surface area contributed by atoms with E-state index in [0.717, 1.165) is 6.07 Å². The predicted octanol–water partition coefficient (Wildman–Crippen LogP) is 3.95.